The first-order chi connectivity index (χ1) is 8.75. The van der Waals surface area contributed by atoms with Crippen LogP contribution in [0.25, 0.3) is 11.3 Å². The lowest BCUT2D eigenvalue weighted by Gasteiger charge is -2.03. The third-order valence-electron chi connectivity index (χ3n) is 3.05. The number of carbonyl (C=O) groups excluding carboxylic acids is 1. The van der Waals surface area contributed by atoms with Crippen molar-refractivity contribution >= 4 is 5.91 Å². The van der Waals surface area contributed by atoms with E-state index >= 15 is 0 Å². The highest BCUT2D eigenvalue weighted by molar-refractivity contribution is 6.01. The molecule has 0 saturated heterocycles. The Hall–Kier alpha value is -2.10. The molecule has 18 heavy (non-hydrogen) atoms. The molecule has 1 N–H and O–H groups in total. The van der Waals surface area contributed by atoms with E-state index in [-0.39, 0.29) is 5.91 Å². The van der Waals surface area contributed by atoms with Gasteiger partial charge in [-0.2, -0.15) is 0 Å². The summed E-state index contributed by atoms with van der Waals surface area (Å²) < 4.78 is 5.16. The molecule has 0 unspecified atom stereocenters. The number of rotatable bonds is 3. The zero-order chi connectivity index (χ0) is 12.5. The molecular weight excluding hydrogens is 228 g/mol. The van der Waals surface area contributed by atoms with Gasteiger partial charge in [-0.05, 0) is 19.8 Å². The molecule has 3 rings (SSSR count). The molecule has 1 aromatic carbocycles. The van der Waals surface area contributed by atoms with Crippen molar-refractivity contribution in [3.8, 4) is 11.3 Å². The van der Waals surface area contributed by atoms with Crippen LogP contribution in [0.1, 0.15) is 29.0 Å². The molecule has 0 bridgehead atoms. The lowest BCUT2D eigenvalue weighted by molar-refractivity contribution is 0.0950. The van der Waals surface area contributed by atoms with Crippen LogP contribution in [0.3, 0.4) is 0 Å². The first kappa shape index (κ1) is 11.0. The molecule has 0 aliphatic heterocycles. The van der Waals surface area contributed by atoms with Crippen LogP contribution >= 0.6 is 0 Å². The minimum atomic E-state index is -0.0879. The molecule has 92 valence electrons. The molecule has 1 amide bonds. The average Bonchev–Trinajstić information content (AvgIpc) is 3.10. The summed E-state index contributed by atoms with van der Waals surface area (Å²) in [5.74, 6) is 0.474. The van der Waals surface area contributed by atoms with E-state index in [1.165, 1.54) is 0 Å². The Morgan fingerprint density at radius 1 is 1.33 bits per heavy atom. The summed E-state index contributed by atoms with van der Waals surface area (Å²) in [6.07, 6.45) is 2.13. The van der Waals surface area contributed by atoms with Crippen LogP contribution in [0, 0.1) is 6.92 Å². The lowest BCUT2D eigenvalue weighted by atomic mass is 10.1. The number of aromatic nitrogens is 1. The van der Waals surface area contributed by atoms with Gasteiger partial charge in [-0.15, -0.1) is 0 Å². The van der Waals surface area contributed by atoms with Gasteiger partial charge in [0.15, 0.2) is 0 Å². The molecule has 1 fully saturated rings. The summed E-state index contributed by atoms with van der Waals surface area (Å²) in [4.78, 5) is 12.2. The molecule has 1 saturated carbocycles. The molecular formula is C14H14N2O2. The number of hydrogen-bond donors (Lipinski definition) is 1. The van der Waals surface area contributed by atoms with Gasteiger partial charge in [-0.1, -0.05) is 35.5 Å². The SMILES string of the molecule is Cc1onc(-c2ccccc2)c1C(=O)NC1CC1. The molecule has 2 aromatic rings. The minimum Gasteiger partial charge on any atom is -0.360 e. The molecule has 4 heteroatoms. The standard InChI is InChI=1S/C14H14N2O2/c1-9-12(14(17)15-11-7-8-11)13(16-18-9)10-5-3-2-4-6-10/h2-6,11H,7-8H2,1H3,(H,15,17). The summed E-state index contributed by atoms with van der Waals surface area (Å²) in [5.41, 5.74) is 2.06. The quantitative estimate of drug-likeness (QED) is 0.899. The Morgan fingerprint density at radius 2 is 2.06 bits per heavy atom. The van der Waals surface area contributed by atoms with Crippen molar-refractivity contribution in [3.63, 3.8) is 0 Å². The van der Waals surface area contributed by atoms with Crippen LogP contribution in [0.5, 0.6) is 0 Å². The van der Waals surface area contributed by atoms with Crippen LogP contribution in [-0.2, 0) is 0 Å². The van der Waals surface area contributed by atoms with Crippen molar-refractivity contribution in [2.24, 2.45) is 0 Å². The van der Waals surface area contributed by atoms with Gasteiger partial charge >= 0.3 is 0 Å². The van der Waals surface area contributed by atoms with E-state index in [0.29, 0.717) is 23.1 Å². The summed E-state index contributed by atoms with van der Waals surface area (Å²) in [6, 6.07) is 9.94. The highest BCUT2D eigenvalue weighted by Crippen LogP contribution is 2.26. The van der Waals surface area contributed by atoms with E-state index in [1.807, 2.05) is 30.3 Å². The van der Waals surface area contributed by atoms with Gasteiger partial charge in [0.2, 0.25) is 0 Å². The van der Waals surface area contributed by atoms with E-state index < -0.39 is 0 Å². The van der Waals surface area contributed by atoms with Crippen molar-refractivity contribution in [2.75, 3.05) is 0 Å². The highest BCUT2D eigenvalue weighted by atomic mass is 16.5. The first-order valence-electron chi connectivity index (χ1n) is 6.08. The number of hydrogen-bond acceptors (Lipinski definition) is 3. The van der Waals surface area contributed by atoms with Crippen molar-refractivity contribution in [1.82, 2.24) is 10.5 Å². The van der Waals surface area contributed by atoms with Gasteiger partial charge in [0, 0.05) is 11.6 Å². The Bertz CT molecular complexity index is 571. The van der Waals surface area contributed by atoms with E-state index in [9.17, 15) is 4.79 Å². The highest BCUT2D eigenvalue weighted by Gasteiger charge is 2.28. The molecule has 1 heterocycles. The second-order valence-electron chi connectivity index (χ2n) is 4.58. The molecule has 1 aromatic heterocycles. The molecule has 1 aliphatic carbocycles. The maximum Gasteiger partial charge on any atom is 0.257 e. The van der Waals surface area contributed by atoms with Gasteiger partial charge in [-0.25, -0.2) is 0 Å². The summed E-state index contributed by atoms with van der Waals surface area (Å²) >= 11 is 0. The van der Waals surface area contributed by atoms with Crippen molar-refractivity contribution < 1.29 is 9.32 Å². The maximum absolute atomic E-state index is 12.2. The second-order valence-corrected chi connectivity index (χ2v) is 4.58. The normalized spacial score (nSPS) is 14.5. The molecule has 4 nitrogen and oxygen atoms in total. The first-order valence-corrected chi connectivity index (χ1v) is 6.08. The van der Waals surface area contributed by atoms with E-state index in [4.69, 9.17) is 4.52 Å². The number of nitrogens with zero attached hydrogens (tertiary/aromatic N) is 1. The second kappa shape index (κ2) is 4.29. The van der Waals surface area contributed by atoms with Gasteiger partial charge in [0.05, 0.1) is 0 Å². The number of benzene rings is 1. The Morgan fingerprint density at radius 3 is 2.72 bits per heavy atom. The Balaban J connectivity index is 1.98. The summed E-state index contributed by atoms with van der Waals surface area (Å²) in [7, 11) is 0. The van der Waals surface area contributed by atoms with Crippen LogP contribution in [0.4, 0.5) is 0 Å². The third-order valence-corrected chi connectivity index (χ3v) is 3.05. The molecule has 1 aliphatic rings. The van der Waals surface area contributed by atoms with Gasteiger partial charge in [0.1, 0.15) is 17.0 Å². The van der Waals surface area contributed by atoms with Crippen molar-refractivity contribution in [2.45, 2.75) is 25.8 Å². The van der Waals surface area contributed by atoms with Crippen molar-refractivity contribution in [1.29, 1.82) is 0 Å². The minimum absolute atomic E-state index is 0.0879. The topological polar surface area (TPSA) is 55.1 Å². The fourth-order valence-electron chi connectivity index (χ4n) is 1.92. The molecule has 0 atom stereocenters. The van der Waals surface area contributed by atoms with Crippen LogP contribution in [-0.4, -0.2) is 17.1 Å². The molecule has 0 spiro atoms. The van der Waals surface area contributed by atoms with Gasteiger partial charge in [-0.3, -0.25) is 4.79 Å². The zero-order valence-corrected chi connectivity index (χ0v) is 10.1. The fourth-order valence-corrected chi connectivity index (χ4v) is 1.92. The van der Waals surface area contributed by atoms with Crippen LogP contribution < -0.4 is 5.32 Å². The Kier molecular flexibility index (Phi) is 2.63. The predicted molar refractivity (Wildman–Crippen MR) is 67.2 cm³/mol. The van der Waals surface area contributed by atoms with E-state index in [1.54, 1.807) is 6.92 Å². The van der Waals surface area contributed by atoms with E-state index in [0.717, 1.165) is 18.4 Å². The van der Waals surface area contributed by atoms with Gasteiger partial charge < -0.3 is 9.84 Å². The third kappa shape index (κ3) is 2.01. The van der Waals surface area contributed by atoms with Crippen LogP contribution in [0.2, 0.25) is 0 Å². The van der Waals surface area contributed by atoms with E-state index in [2.05, 4.69) is 10.5 Å². The lowest BCUT2D eigenvalue weighted by Crippen LogP contribution is -2.26. The zero-order valence-electron chi connectivity index (χ0n) is 10.1. The molecule has 0 radical (unpaired) electrons. The van der Waals surface area contributed by atoms with Crippen LogP contribution in [0.15, 0.2) is 34.9 Å². The largest absolute Gasteiger partial charge is 0.360 e. The average molecular weight is 242 g/mol. The number of amides is 1. The fraction of sp³-hybridized carbons (Fsp3) is 0.286. The number of aryl methyl sites for hydroxylation is 1. The Labute approximate surface area is 105 Å². The number of nitrogens with one attached hydrogen (secondary N) is 1. The smallest absolute Gasteiger partial charge is 0.257 e. The number of carbonyl (C=O) groups is 1. The van der Waals surface area contributed by atoms with Crippen molar-refractivity contribution in [3.05, 3.63) is 41.7 Å². The maximum atomic E-state index is 12.2. The summed E-state index contributed by atoms with van der Waals surface area (Å²) in [6.45, 7) is 1.77. The predicted octanol–water partition coefficient (Wildman–Crippen LogP) is 2.54. The summed E-state index contributed by atoms with van der Waals surface area (Å²) in [5, 5.41) is 6.97. The van der Waals surface area contributed by atoms with Gasteiger partial charge in [0.25, 0.3) is 5.91 Å². The monoisotopic (exact) mass is 242 g/mol.